The van der Waals surface area contributed by atoms with Crippen LogP contribution in [-0.4, -0.2) is 43.0 Å². The lowest BCUT2D eigenvalue weighted by atomic mass is 10.0. The molecule has 0 radical (unpaired) electrons. The largest absolute Gasteiger partial charge is 0.491 e. The van der Waals surface area contributed by atoms with Crippen molar-refractivity contribution >= 4 is 5.97 Å². The predicted octanol–water partition coefficient (Wildman–Crippen LogP) is 3.41. The fourth-order valence-electron chi connectivity index (χ4n) is 2.42. The number of carbonyl (C=O) groups excluding carboxylic acids is 1. The summed E-state index contributed by atoms with van der Waals surface area (Å²) in [6, 6.07) is 7.13. The molecule has 0 unspecified atom stereocenters. The third-order valence-corrected chi connectivity index (χ3v) is 3.93. The molecule has 0 spiro atoms. The zero-order chi connectivity index (χ0) is 18.7. The van der Waals surface area contributed by atoms with E-state index < -0.39 is 6.10 Å². The van der Waals surface area contributed by atoms with Gasteiger partial charge in [0.2, 0.25) is 0 Å². The minimum Gasteiger partial charge on any atom is -0.491 e. The molecule has 25 heavy (non-hydrogen) atoms. The Balaban J connectivity index is 2.25. The Morgan fingerprint density at radius 1 is 1.16 bits per heavy atom. The highest BCUT2D eigenvalue weighted by Crippen LogP contribution is 2.13. The summed E-state index contributed by atoms with van der Waals surface area (Å²) in [7, 11) is 0. The van der Waals surface area contributed by atoms with E-state index >= 15 is 0 Å². The SMILES string of the molecule is CCOC(=O)c1ccc(OC[C@@H](O)CN[C@H](C)CCCC(C)C)cc1. The van der Waals surface area contributed by atoms with Crippen molar-refractivity contribution < 1.29 is 19.4 Å². The predicted molar refractivity (Wildman–Crippen MR) is 100 cm³/mol. The van der Waals surface area contributed by atoms with Crippen molar-refractivity contribution in [3.8, 4) is 5.75 Å². The van der Waals surface area contributed by atoms with Crippen molar-refractivity contribution in [1.29, 1.82) is 0 Å². The van der Waals surface area contributed by atoms with Crippen LogP contribution in [0.2, 0.25) is 0 Å². The van der Waals surface area contributed by atoms with Crippen molar-refractivity contribution in [3.05, 3.63) is 29.8 Å². The molecule has 5 nitrogen and oxygen atoms in total. The topological polar surface area (TPSA) is 67.8 Å². The quantitative estimate of drug-likeness (QED) is 0.565. The number of hydrogen-bond acceptors (Lipinski definition) is 5. The molecule has 1 aromatic carbocycles. The number of carbonyl (C=O) groups is 1. The van der Waals surface area contributed by atoms with Crippen molar-refractivity contribution in [2.45, 2.75) is 59.1 Å². The Labute approximate surface area is 151 Å². The molecule has 0 aliphatic carbocycles. The number of rotatable bonds is 12. The molecular formula is C20H33NO4. The second-order valence-electron chi connectivity index (χ2n) is 6.84. The van der Waals surface area contributed by atoms with Gasteiger partial charge in [-0.2, -0.15) is 0 Å². The van der Waals surface area contributed by atoms with Crippen LogP contribution in [0.15, 0.2) is 24.3 Å². The molecule has 0 saturated heterocycles. The minimum atomic E-state index is -0.572. The van der Waals surface area contributed by atoms with Gasteiger partial charge < -0.3 is 19.9 Å². The molecule has 0 aliphatic rings. The zero-order valence-corrected chi connectivity index (χ0v) is 16.0. The number of benzene rings is 1. The number of nitrogens with one attached hydrogen (secondary N) is 1. The lowest BCUT2D eigenvalue weighted by Crippen LogP contribution is -2.36. The highest BCUT2D eigenvalue weighted by Gasteiger charge is 2.10. The average Bonchev–Trinajstić information content (AvgIpc) is 2.58. The van der Waals surface area contributed by atoms with Gasteiger partial charge >= 0.3 is 5.97 Å². The summed E-state index contributed by atoms with van der Waals surface area (Å²) in [6.07, 6.45) is 2.98. The summed E-state index contributed by atoms with van der Waals surface area (Å²) >= 11 is 0. The maximum atomic E-state index is 11.6. The lowest BCUT2D eigenvalue weighted by molar-refractivity contribution is 0.0526. The van der Waals surface area contributed by atoms with E-state index in [1.54, 1.807) is 31.2 Å². The molecule has 2 atom stereocenters. The van der Waals surface area contributed by atoms with E-state index in [-0.39, 0.29) is 12.6 Å². The molecule has 0 aliphatic heterocycles. The molecule has 0 bridgehead atoms. The standard InChI is InChI=1S/C20H33NO4/c1-5-24-20(23)17-9-11-19(12-10-17)25-14-18(22)13-21-16(4)8-6-7-15(2)3/h9-12,15-16,18,21-22H,5-8,13-14H2,1-4H3/t16-,18+/m1/s1. The highest BCUT2D eigenvalue weighted by molar-refractivity contribution is 5.89. The van der Waals surface area contributed by atoms with Crippen LogP contribution >= 0.6 is 0 Å². The molecule has 0 heterocycles. The molecule has 0 amide bonds. The van der Waals surface area contributed by atoms with Crippen molar-refractivity contribution in [3.63, 3.8) is 0 Å². The van der Waals surface area contributed by atoms with Gasteiger partial charge in [-0.3, -0.25) is 0 Å². The first-order chi connectivity index (χ1) is 11.9. The Bertz CT molecular complexity index is 487. The van der Waals surface area contributed by atoms with Gasteiger partial charge in [-0.15, -0.1) is 0 Å². The van der Waals surface area contributed by atoms with E-state index in [4.69, 9.17) is 9.47 Å². The van der Waals surface area contributed by atoms with Crippen LogP contribution in [0.1, 0.15) is 57.3 Å². The van der Waals surface area contributed by atoms with Crippen LogP contribution in [0.3, 0.4) is 0 Å². The molecule has 142 valence electrons. The first kappa shape index (κ1) is 21.5. The summed E-state index contributed by atoms with van der Waals surface area (Å²) in [5.41, 5.74) is 0.492. The van der Waals surface area contributed by atoms with Crippen molar-refractivity contribution in [2.24, 2.45) is 5.92 Å². The van der Waals surface area contributed by atoms with Crippen LogP contribution < -0.4 is 10.1 Å². The fourth-order valence-corrected chi connectivity index (χ4v) is 2.42. The van der Waals surface area contributed by atoms with E-state index in [1.165, 1.54) is 12.8 Å². The molecule has 1 aromatic rings. The third kappa shape index (κ3) is 9.46. The fraction of sp³-hybridized carbons (Fsp3) is 0.650. The summed E-state index contributed by atoms with van der Waals surface area (Å²) in [5, 5.41) is 13.4. The molecule has 1 rings (SSSR count). The van der Waals surface area contributed by atoms with E-state index in [9.17, 15) is 9.90 Å². The van der Waals surface area contributed by atoms with Gasteiger partial charge in [0, 0.05) is 12.6 Å². The van der Waals surface area contributed by atoms with Gasteiger partial charge in [0.25, 0.3) is 0 Å². The molecule has 0 saturated carbocycles. The Hall–Kier alpha value is -1.59. The maximum Gasteiger partial charge on any atom is 0.338 e. The lowest BCUT2D eigenvalue weighted by Gasteiger charge is -2.18. The first-order valence-electron chi connectivity index (χ1n) is 9.23. The Morgan fingerprint density at radius 3 is 2.44 bits per heavy atom. The molecule has 5 heteroatoms. The van der Waals surface area contributed by atoms with E-state index in [0.717, 1.165) is 12.3 Å². The first-order valence-corrected chi connectivity index (χ1v) is 9.23. The number of aliphatic hydroxyl groups excluding tert-OH is 1. The van der Waals surface area contributed by atoms with Crippen LogP contribution in [0.4, 0.5) is 0 Å². The van der Waals surface area contributed by atoms with Gasteiger partial charge in [-0.05, 0) is 50.5 Å². The molecule has 2 N–H and O–H groups in total. The van der Waals surface area contributed by atoms with Crippen LogP contribution in [0, 0.1) is 5.92 Å². The van der Waals surface area contributed by atoms with Crippen molar-refractivity contribution in [1.82, 2.24) is 5.32 Å². The number of aliphatic hydroxyl groups is 1. The monoisotopic (exact) mass is 351 g/mol. The van der Waals surface area contributed by atoms with Gasteiger partial charge in [0.1, 0.15) is 18.5 Å². The maximum absolute atomic E-state index is 11.6. The normalized spacial score (nSPS) is 13.5. The summed E-state index contributed by atoms with van der Waals surface area (Å²) in [6.45, 7) is 9.45. The van der Waals surface area contributed by atoms with E-state index in [2.05, 4.69) is 26.1 Å². The summed E-state index contributed by atoms with van der Waals surface area (Å²) in [5.74, 6) is 1.02. The summed E-state index contributed by atoms with van der Waals surface area (Å²) in [4.78, 5) is 11.6. The molecule has 0 fully saturated rings. The van der Waals surface area contributed by atoms with Crippen molar-refractivity contribution in [2.75, 3.05) is 19.8 Å². The van der Waals surface area contributed by atoms with E-state index in [0.29, 0.717) is 30.5 Å². The smallest absolute Gasteiger partial charge is 0.338 e. The van der Waals surface area contributed by atoms with Crippen LogP contribution in [0.5, 0.6) is 5.75 Å². The second kappa shape index (κ2) is 11.9. The Morgan fingerprint density at radius 2 is 1.84 bits per heavy atom. The summed E-state index contributed by atoms with van der Waals surface area (Å²) < 4.78 is 10.5. The number of hydrogen-bond donors (Lipinski definition) is 2. The van der Waals surface area contributed by atoms with E-state index in [1.807, 2.05) is 0 Å². The number of esters is 1. The molecule has 0 aromatic heterocycles. The Kier molecular flexibility index (Phi) is 10.2. The van der Waals surface area contributed by atoms with Gasteiger partial charge in [-0.1, -0.05) is 26.7 Å². The van der Waals surface area contributed by atoms with Gasteiger partial charge in [0.05, 0.1) is 12.2 Å². The van der Waals surface area contributed by atoms with Gasteiger partial charge in [0.15, 0.2) is 0 Å². The average molecular weight is 351 g/mol. The number of ether oxygens (including phenoxy) is 2. The zero-order valence-electron chi connectivity index (χ0n) is 16.0. The van der Waals surface area contributed by atoms with Crippen LogP contribution in [-0.2, 0) is 4.74 Å². The third-order valence-electron chi connectivity index (χ3n) is 3.93. The minimum absolute atomic E-state index is 0.213. The van der Waals surface area contributed by atoms with Crippen LogP contribution in [0.25, 0.3) is 0 Å². The second-order valence-corrected chi connectivity index (χ2v) is 6.84. The molecular weight excluding hydrogens is 318 g/mol. The van der Waals surface area contributed by atoms with Gasteiger partial charge in [-0.25, -0.2) is 4.79 Å². The highest BCUT2D eigenvalue weighted by atomic mass is 16.5.